The molecule has 1 aliphatic carbocycles. The first-order chi connectivity index (χ1) is 10.8. The first-order valence-corrected chi connectivity index (χ1v) is 9.36. The first kappa shape index (κ1) is 14.6. The van der Waals surface area contributed by atoms with Crippen LogP contribution < -0.4 is 4.90 Å². The average molecular weight is 337 g/mol. The predicted octanol–water partition coefficient (Wildman–Crippen LogP) is 2.81. The third-order valence-electron chi connectivity index (χ3n) is 4.21. The first-order valence-electron chi connectivity index (χ1n) is 7.70. The fourth-order valence-electron chi connectivity index (χ4n) is 2.81. The van der Waals surface area contributed by atoms with Crippen molar-refractivity contribution in [1.29, 1.82) is 0 Å². The van der Waals surface area contributed by atoms with Gasteiger partial charge in [-0.15, -0.1) is 11.3 Å². The lowest BCUT2D eigenvalue weighted by Crippen LogP contribution is -2.46. The number of ether oxygens (including phenoxy) is 1. The van der Waals surface area contributed by atoms with E-state index in [1.165, 1.54) is 24.4 Å². The molecule has 0 bridgehead atoms. The molecule has 2 aromatic rings. The molecule has 2 fully saturated rings. The third kappa shape index (κ3) is 3.03. The van der Waals surface area contributed by atoms with Crippen molar-refractivity contribution >= 4 is 28.0 Å². The standard InChI is InChI=1S/C15H19N3O2S2/c19-12(13-2-1-7-21-13)8-11-9-20-6-5-18(11)15-16-14(17-22-15)10-3-4-10/h1-2,7,10-12,19H,3-6,8-9H2. The minimum absolute atomic E-state index is 0.158. The summed E-state index contributed by atoms with van der Waals surface area (Å²) in [5.41, 5.74) is 0. The topological polar surface area (TPSA) is 58.5 Å². The van der Waals surface area contributed by atoms with Gasteiger partial charge in [0.2, 0.25) is 5.13 Å². The van der Waals surface area contributed by atoms with Crippen LogP contribution in [0.4, 0.5) is 5.13 Å². The number of hydrogen-bond donors (Lipinski definition) is 1. The van der Waals surface area contributed by atoms with Crippen molar-refractivity contribution in [2.45, 2.75) is 37.3 Å². The van der Waals surface area contributed by atoms with Crippen LogP contribution in [0.2, 0.25) is 0 Å². The average Bonchev–Trinajstić information content (AvgIpc) is 3.05. The normalized spacial score (nSPS) is 23.7. The summed E-state index contributed by atoms with van der Waals surface area (Å²) in [4.78, 5) is 8.00. The van der Waals surface area contributed by atoms with E-state index in [9.17, 15) is 5.11 Å². The summed E-state index contributed by atoms with van der Waals surface area (Å²) in [6, 6.07) is 4.12. The Morgan fingerprint density at radius 3 is 3.14 bits per heavy atom. The number of anilines is 1. The smallest absolute Gasteiger partial charge is 0.205 e. The molecule has 2 aliphatic rings. The summed E-state index contributed by atoms with van der Waals surface area (Å²) < 4.78 is 10.1. The van der Waals surface area contributed by atoms with Gasteiger partial charge in [-0.2, -0.15) is 4.37 Å². The van der Waals surface area contributed by atoms with Gasteiger partial charge in [0.1, 0.15) is 5.82 Å². The van der Waals surface area contributed by atoms with Gasteiger partial charge in [-0.3, -0.25) is 0 Å². The Balaban J connectivity index is 1.48. The van der Waals surface area contributed by atoms with E-state index in [0.717, 1.165) is 22.4 Å². The minimum Gasteiger partial charge on any atom is -0.387 e. The van der Waals surface area contributed by atoms with Crippen LogP contribution in [0.5, 0.6) is 0 Å². The molecule has 0 amide bonds. The zero-order valence-corrected chi connectivity index (χ0v) is 13.9. The Hall–Kier alpha value is -1.02. The van der Waals surface area contributed by atoms with Crippen molar-refractivity contribution < 1.29 is 9.84 Å². The zero-order chi connectivity index (χ0) is 14.9. The summed E-state index contributed by atoms with van der Waals surface area (Å²) in [6.07, 6.45) is 2.67. The lowest BCUT2D eigenvalue weighted by molar-refractivity contribution is 0.0688. The SMILES string of the molecule is OC(CC1COCCN1c1nc(C2CC2)ns1)c1cccs1. The Morgan fingerprint density at radius 1 is 1.45 bits per heavy atom. The van der Waals surface area contributed by atoms with E-state index in [4.69, 9.17) is 9.72 Å². The molecule has 1 saturated carbocycles. The van der Waals surface area contributed by atoms with Gasteiger partial charge >= 0.3 is 0 Å². The van der Waals surface area contributed by atoms with Crippen molar-refractivity contribution in [3.63, 3.8) is 0 Å². The number of aromatic nitrogens is 2. The molecule has 118 valence electrons. The molecule has 1 aliphatic heterocycles. The molecule has 2 aromatic heterocycles. The van der Waals surface area contributed by atoms with E-state index >= 15 is 0 Å². The molecule has 4 rings (SSSR count). The van der Waals surface area contributed by atoms with Crippen LogP contribution in [0.3, 0.4) is 0 Å². The maximum atomic E-state index is 10.4. The molecule has 0 radical (unpaired) electrons. The molecule has 22 heavy (non-hydrogen) atoms. The van der Waals surface area contributed by atoms with Gasteiger partial charge in [0.15, 0.2) is 0 Å². The number of nitrogens with zero attached hydrogens (tertiary/aromatic N) is 3. The zero-order valence-electron chi connectivity index (χ0n) is 12.2. The van der Waals surface area contributed by atoms with Crippen LogP contribution in [-0.4, -0.2) is 40.3 Å². The van der Waals surface area contributed by atoms with Gasteiger partial charge in [0.25, 0.3) is 0 Å². The monoisotopic (exact) mass is 337 g/mol. The number of thiophene rings is 1. The second-order valence-electron chi connectivity index (χ2n) is 5.90. The largest absolute Gasteiger partial charge is 0.387 e. The maximum absolute atomic E-state index is 10.4. The van der Waals surface area contributed by atoms with Crippen LogP contribution in [0.25, 0.3) is 0 Å². The fourth-order valence-corrected chi connectivity index (χ4v) is 4.38. The Bertz CT molecular complexity index is 612. The lowest BCUT2D eigenvalue weighted by Gasteiger charge is -2.36. The van der Waals surface area contributed by atoms with Crippen molar-refractivity contribution in [3.8, 4) is 0 Å². The highest BCUT2D eigenvalue weighted by Gasteiger charge is 2.32. The van der Waals surface area contributed by atoms with E-state index in [-0.39, 0.29) is 6.04 Å². The summed E-state index contributed by atoms with van der Waals surface area (Å²) >= 11 is 3.08. The summed E-state index contributed by atoms with van der Waals surface area (Å²) in [7, 11) is 0. The maximum Gasteiger partial charge on any atom is 0.205 e. The van der Waals surface area contributed by atoms with Gasteiger partial charge in [0, 0.05) is 35.3 Å². The molecule has 0 aromatic carbocycles. The van der Waals surface area contributed by atoms with Gasteiger partial charge in [-0.1, -0.05) is 6.07 Å². The van der Waals surface area contributed by atoms with E-state index in [2.05, 4.69) is 9.27 Å². The van der Waals surface area contributed by atoms with Crippen LogP contribution in [0.1, 0.15) is 42.0 Å². The van der Waals surface area contributed by atoms with Crippen LogP contribution in [0.15, 0.2) is 17.5 Å². The lowest BCUT2D eigenvalue weighted by atomic mass is 10.1. The molecule has 1 saturated heterocycles. The molecule has 0 spiro atoms. The van der Waals surface area contributed by atoms with E-state index < -0.39 is 6.10 Å². The van der Waals surface area contributed by atoms with E-state index in [1.807, 2.05) is 17.5 Å². The second-order valence-corrected chi connectivity index (χ2v) is 7.61. The predicted molar refractivity (Wildman–Crippen MR) is 87.7 cm³/mol. The Labute approximate surface area is 137 Å². The molecule has 2 unspecified atom stereocenters. The molecule has 1 N–H and O–H groups in total. The van der Waals surface area contributed by atoms with Gasteiger partial charge < -0.3 is 14.7 Å². The number of aliphatic hydroxyl groups excluding tert-OH is 1. The van der Waals surface area contributed by atoms with Crippen molar-refractivity contribution in [2.24, 2.45) is 0 Å². The van der Waals surface area contributed by atoms with Gasteiger partial charge in [0.05, 0.1) is 25.4 Å². The van der Waals surface area contributed by atoms with Gasteiger partial charge in [-0.25, -0.2) is 4.98 Å². The van der Waals surface area contributed by atoms with Crippen molar-refractivity contribution in [2.75, 3.05) is 24.7 Å². The summed E-state index contributed by atoms with van der Waals surface area (Å²) in [5.74, 6) is 1.59. The minimum atomic E-state index is -0.440. The molecular weight excluding hydrogens is 318 g/mol. The number of morpholine rings is 1. The van der Waals surface area contributed by atoms with Gasteiger partial charge in [-0.05, 0) is 24.3 Å². The molecule has 5 nitrogen and oxygen atoms in total. The van der Waals surface area contributed by atoms with Crippen LogP contribution in [-0.2, 0) is 4.74 Å². The quantitative estimate of drug-likeness (QED) is 0.909. The third-order valence-corrected chi connectivity index (χ3v) is 5.95. The molecular formula is C15H19N3O2S2. The Kier molecular flexibility index (Phi) is 4.13. The van der Waals surface area contributed by atoms with E-state index in [0.29, 0.717) is 25.6 Å². The fraction of sp³-hybridized carbons (Fsp3) is 0.600. The Morgan fingerprint density at radius 2 is 2.36 bits per heavy atom. The summed E-state index contributed by atoms with van der Waals surface area (Å²) in [5, 5.41) is 13.4. The number of hydrogen-bond acceptors (Lipinski definition) is 7. The van der Waals surface area contributed by atoms with Crippen molar-refractivity contribution in [3.05, 3.63) is 28.2 Å². The molecule has 3 heterocycles. The van der Waals surface area contributed by atoms with E-state index in [1.54, 1.807) is 11.3 Å². The highest BCUT2D eigenvalue weighted by molar-refractivity contribution is 7.10. The van der Waals surface area contributed by atoms with Crippen LogP contribution >= 0.6 is 22.9 Å². The van der Waals surface area contributed by atoms with Crippen LogP contribution in [0, 0.1) is 0 Å². The molecule has 7 heteroatoms. The summed E-state index contributed by atoms with van der Waals surface area (Å²) in [6.45, 7) is 2.17. The number of rotatable bonds is 5. The highest BCUT2D eigenvalue weighted by Crippen LogP contribution is 2.40. The second kappa shape index (κ2) is 6.23. The molecule has 2 atom stereocenters. The highest BCUT2D eigenvalue weighted by atomic mass is 32.1. The van der Waals surface area contributed by atoms with Crippen molar-refractivity contribution in [1.82, 2.24) is 9.36 Å². The number of aliphatic hydroxyl groups is 1.